The summed E-state index contributed by atoms with van der Waals surface area (Å²) in [7, 11) is 0. The lowest BCUT2D eigenvalue weighted by Crippen LogP contribution is -2.40. The van der Waals surface area contributed by atoms with Crippen molar-refractivity contribution in [3.63, 3.8) is 0 Å². The molecule has 0 bridgehead atoms. The Balaban J connectivity index is 2.10. The van der Waals surface area contributed by atoms with Gasteiger partial charge in [0, 0.05) is 28.9 Å². The predicted molar refractivity (Wildman–Crippen MR) is 78.6 cm³/mol. The summed E-state index contributed by atoms with van der Waals surface area (Å²) in [5, 5.41) is 0. The van der Waals surface area contributed by atoms with Crippen molar-refractivity contribution in [2.75, 3.05) is 18.6 Å². The number of fused-ring (bicyclic) bond motifs is 1. The molecule has 18 heavy (non-hydrogen) atoms. The largest absolute Gasteiger partial charge is 0.336 e. The van der Waals surface area contributed by atoms with Crippen molar-refractivity contribution < 1.29 is 4.79 Å². The van der Waals surface area contributed by atoms with E-state index in [4.69, 9.17) is 0 Å². The highest BCUT2D eigenvalue weighted by molar-refractivity contribution is 9.10. The third kappa shape index (κ3) is 2.88. The molecule has 0 saturated heterocycles. The number of hydrogen-bond acceptors (Lipinski definition) is 3. The number of carbonyl (C=O) groups excluding carboxylic acids is 1. The molecule has 0 aliphatic carbocycles. The fourth-order valence-corrected chi connectivity index (χ4v) is 3.42. The zero-order valence-electron chi connectivity index (χ0n) is 10.6. The van der Waals surface area contributed by atoms with E-state index in [1.807, 2.05) is 24.1 Å². The quantitative estimate of drug-likeness (QED) is 0.855. The van der Waals surface area contributed by atoms with Crippen molar-refractivity contribution >= 4 is 33.6 Å². The maximum atomic E-state index is 12.3. The van der Waals surface area contributed by atoms with E-state index in [1.165, 1.54) is 5.56 Å². The molecule has 1 aromatic heterocycles. The molecular formula is C13H17BrN2OS. The van der Waals surface area contributed by atoms with E-state index in [1.54, 1.807) is 18.0 Å². The number of carbonyl (C=O) groups is 1. The number of aromatic nitrogens is 1. The number of nitrogens with zero attached hydrogens (tertiary/aromatic N) is 2. The van der Waals surface area contributed by atoms with Gasteiger partial charge in [-0.25, -0.2) is 0 Å². The van der Waals surface area contributed by atoms with Crippen molar-refractivity contribution in [1.82, 2.24) is 9.88 Å². The highest BCUT2D eigenvalue weighted by Gasteiger charge is 2.25. The van der Waals surface area contributed by atoms with Crippen molar-refractivity contribution in [2.24, 2.45) is 5.92 Å². The summed E-state index contributed by atoms with van der Waals surface area (Å²) in [6, 6.07) is 1.96. The number of amides is 1. The molecule has 1 atom stereocenters. The van der Waals surface area contributed by atoms with Gasteiger partial charge in [-0.2, -0.15) is 11.8 Å². The van der Waals surface area contributed by atoms with Crippen molar-refractivity contribution in [3.05, 3.63) is 28.0 Å². The first-order valence-electron chi connectivity index (χ1n) is 6.03. The molecule has 1 aromatic rings. The third-order valence-electron chi connectivity index (χ3n) is 3.21. The second-order valence-corrected chi connectivity index (χ2v) is 6.35. The summed E-state index contributed by atoms with van der Waals surface area (Å²) in [6.07, 6.45) is 4.72. The average Bonchev–Trinajstić information content (AvgIpc) is 2.38. The molecule has 3 nitrogen and oxygen atoms in total. The normalized spacial score (nSPS) is 16.3. The minimum absolute atomic E-state index is 0.0914. The first-order chi connectivity index (χ1) is 8.63. The lowest BCUT2D eigenvalue weighted by atomic mass is 10.0. The minimum Gasteiger partial charge on any atom is -0.336 e. The molecule has 0 radical (unpaired) electrons. The van der Waals surface area contributed by atoms with Gasteiger partial charge in [0.1, 0.15) is 0 Å². The number of hydrogen-bond donors (Lipinski definition) is 0. The molecule has 1 unspecified atom stereocenters. The standard InChI is InChI=1S/C13H17BrN2OS/c1-9(8-18-2)13(17)16-6-4-10-11(14)3-5-15-12(10)7-16/h3,5,9H,4,6-8H2,1-2H3. The van der Waals surface area contributed by atoms with Crippen LogP contribution < -0.4 is 0 Å². The lowest BCUT2D eigenvalue weighted by molar-refractivity contribution is -0.135. The van der Waals surface area contributed by atoms with Gasteiger partial charge in [0.15, 0.2) is 0 Å². The number of pyridine rings is 1. The van der Waals surface area contributed by atoms with Crippen LogP contribution >= 0.6 is 27.7 Å². The summed E-state index contributed by atoms with van der Waals surface area (Å²) in [4.78, 5) is 18.6. The molecular weight excluding hydrogens is 312 g/mol. The average molecular weight is 329 g/mol. The highest BCUT2D eigenvalue weighted by Crippen LogP contribution is 2.25. The van der Waals surface area contributed by atoms with E-state index < -0.39 is 0 Å². The van der Waals surface area contributed by atoms with E-state index in [0.717, 1.165) is 28.9 Å². The van der Waals surface area contributed by atoms with E-state index in [0.29, 0.717) is 6.54 Å². The van der Waals surface area contributed by atoms with Crippen LogP contribution in [-0.2, 0) is 17.8 Å². The second kappa shape index (κ2) is 6.06. The first kappa shape index (κ1) is 13.9. The van der Waals surface area contributed by atoms with Crippen molar-refractivity contribution in [3.8, 4) is 0 Å². The molecule has 0 N–H and O–H groups in total. The van der Waals surface area contributed by atoms with Gasteiger partial charge in [-0.05, 0) is 24.3 Å². The minimum atomic E-state index is 0.0914. The van der Waals surface area contributed by atoms with E-state index >= 15 is 0 Å². The van der Waals surface area contributed by atoms with Crippen LogP contribution in [0.5, 0.6) is 0 Å². The van der Waals surface area contributed by atoms with Crippen LogP contribution in [0.4, 0.5) is 0 Å². The van der Waals surface area contributed by atoms with E-state index in [9.17, 15) is 4.79 Å². The van der Waals surface area contributed by atoms with Gasteiger partial charge >= 0.3 is 0 Å². The fourth-order valence-electron chi connectivity index (χ4n) is 2.24. The van der Waals surface area contributed by atoms with Crippen LogP contribution in [0.3, 0.4) is 0 Å². The molecule has 2 rings (SSSR count). The van der Waals surface area contributed by atoms with Crippen molar-refractivity contribution in [2.45, 2.75) is 19.9 Å². The summed E-state index contributed by atoms with van der Waals surface area (Å²) in [6.45, 7) is 3.45. The van der Waals surface area contributed by atoms with Crippen LogP contribution in [-0.4, -0.2) is 34.3 Å². The number of rotatable bonds is 3. The highest BCUT2D eigenvalue weighted by atomic mass is 79.9. The molecule has 98 valence electrons. The first-order valence-corrected chi connectivity index (χ1v) is 8.22. The van der Waals surface area contributed by atoms with Gasteiger partial charge in [-0.3, -0.25) is 9.78 Å². The fraction of sp³-hybridized carbons (Fsp3) is 0.538. The van der Waals surface area contributed by atoms with Crippen LogP contribution in [0.1, 0.15) is 18.2 Å². The van der Waals surface area contributed by atoms with Gasteiger partial charge in [-0.15, -0.1) is 0 Å². The Labute approximate surface area is 120 Å². The monoisotopic (exact) mass is 328 g/mol. The van der Waals surface area contributed by atoms with Crippen molar-refractivity contribution in [1.29, 1.82) is 0 Å². The number of thioether (sulfide) groups is 1. The Morgan fingerprint density at radius 1 is 1.67 bits per heavy atom. The van der Waals surface area contributed by atoms with Crippen LogP contribution in [0.2, 0.25) is 0 Å². The van der Waals surface area contributed by atoms with Gasteiger partial charge in [0.25, 0.3) is 0 Å². The summed E-state index contributed by atoms with van der Waals surface area (Å²) >= 11 is 5.27. The molecule has 1 amide bonds. The van der Waals surface area contributed by atoms with Crippen LogP contribution in [0.25, 0.3) is 0 Å². The number of halogens is 1. The maximum absolute atomic E-state index is 12.3. The van der Waals surface area contributed by atoms with Gasteiger partial charge < -0.3 is 4.90 Å². The zero-order valence-corrected chi connectivity index (χ0v) is 13.1. The second-order valence-electron chi connectivity index (χ2n) is 4.58. The molecule has 0 aromatic carbocycles. The Bertz CT molecular complexity index is 453. The Morgan fingerprint density at radius 2 is 2.44 bits per heavy atom. The molecule has 0 spiro atoms. The van der Waals surface area contributed by atoms with E-state index in [-0.39, 0.29) is 11.8 Å². The SMILES string of the molecule is CSCC(C)C(=O)N1CCc2c(Br)ccnc2C1. The van der Waals surface area contributed by atoms with Gasteiger partial charge in [0.05, 0.1) is 12.2 Å². The molecule has 1 aliphatic rings. The molecule has 1 aliphatic heterocycles. The maximum Gasteiger partial charge on any atom is 0.226 e. The summed E-state index contributed by atoms with van der Waals surface area (Å²) < 4.78 is 1.11. The Morgan fingerprint density at radius 3 is 3.17 bits per heavy atom. The molecule has 5 heteroatoms. The zero-order chi connectivity index (χ0) is 13.1. The topological polar surface area (TPSA) is 33.2 Å². The predicted octanol–water partition coefficient (Wildman–Crippen LogP) is 2.73. The summed E-state index contributed by atoms with van der Waals surface area (Å²) in [5.41, 5.74) is 2.28. The van der Waals surface area contributed by atoms with Crippen LogP contribution in [0.15, 0.2) is 16.7 Å². The molecule has 0 fully saturated rings. The van der Waals surface area contributed by atoms with Crippen LogP contribution in [0, 0.1) is 5.92 Å². The Hall–Kier alpha value is -0.550. The smallest absolute Gasteiger partial charge is 0.226 e. The van der Waals surface area contributed by atoms with Gasteiger partial charge in [-0.1, -0.05) is 22.9 Å². The van der Waals surface area contributed by atoms with Gasteiger partial charge in [0.2, 0.25) is 5.91 Å². The molecule has 0 saturated carbocycles. The third-order valence-corrected chi connectivity index (χ3v) is 4.79. The van der Waals surface area contributed by atoms with E-state index in [2.05, 4.69) is 20.9 Å². The lowest BCUT2D eigenvalue weighted by Gasteiger charge is -2.30. The molecule has 2 heterocycles. The Kier molecular flexibility index (Phi) is 4.67. The summed E-state index contributed by atoms with van der Waals surface area (Å²) in [5.74, 6) is 1.22.